The molecule has 13 heteroatoms. The number of aromatic amines is 1. The Hall–Kier alpha value is -3.84. The van der Waals surface area contributed by atoms with Gasteiger partial charge in [0, 0.05) is 48.7 Å². The number of nitrogens with two attached hydrogens (primary N) is 1. The number of nitrogens with one attached hydrogen (secondary N) is 5. The predicted octanol–water partition coefficient (Wildman–Crippen LogP) is 2.47. The molecule has 12 nitrogen and oxygen atoms in total. The standard InChI is InChI=1S/C21H30N7O4.C9H9N.C4H10.V/c22-17(29)10-25-20(32)21(6-8-23-9-7-21)27-19(31)14-28-12-16(13-28)26-18(30)11-24-15-4-2-1-3-5-15;1-7-6-10-9-5-3-2-4-8(7)9;1-4(2)3;/h1-5,16,23H,6-14H2,(H2,22,29)(H,25,32)(H,26,30)(H,27,31);2-6,10H,1H3;4H,1-3H3;/q-1;;;. The van der Waals surface area contributed by atoms with Gasteiger partial charge < -0.3 is 37.3 Å². The molecule has 0 atom stereocenters. The first-order valence-corrected chi connectivity index (χ1v) is 15.8. The Balaban J connectivity index is 0.000000421. The number of carbonyl (C=O) groups excluding carboxylic acids is 4. The molecule has 2 aliphatic heterocycles. The van der Waals surface area contributed by atoms with Gasteiger partial charge in [-0.15, -0.1) is 5.69 Å². The number of hydrogen-bond donors (Lipinski definition) is 6. The van der Waals surface area contributed by atoms with Crippen molar-refractivity contribution in [3.63, 3.8) is 0 Å². The van der Waals surface area contributed by atoms with Crippen molar-refractivity contribution in [1.82, 2.24) is 31.2 Å². The molecule has 4 amide bonds. The minimum atomic E-state index is -1.06. The summed E-state index contributed by atoms with van der Waals surface area (Å²) in [6, 6.07) is 17.6. The number of piperidine rings is 1. The van der Waals surface area contributed by atoms with E-state index >= 15 is 0 Å². The van der Waals surface area contributed by atoms with E-state index in [9.17, 15) is 19.2 Å². The molecule has 0 unspecified atom stereocenters. The molecule has 3 heterocycles. The summed E-state index contributed by atoms with van der Waals surface area (Å²) < 4.78 is 0. The number of aryl methyl sites for hydroxylation is 1. The fourth-order valence-corrected chi connectivity index (χ4v) is 5.09. The number of aromatic nitrogens is 1. The minimum absolute atomic E-state index is 0. The van der Waals surface area contributed by atoms with Crippen LogP contribution in [0, 0.1) is 12.8 Å². The molecule has 2 aliphatic rings. The van der Waals surface area contributed by atoms with Crippen molar-refractivity contribution in [2.45, 2.75) is 52.1 Å². The number of H-pyrrole nitrogens is 1. The molecular weight excluding hydrogens is 635 g/mol. The Morgan fingerprint density at radius 1 is 0.979 bits per heavy atom. The molecule has 2 aromatic carbocycles. The third-order valence-corrected chi connectivity index (χ3v) is 7.34. The van der Waals surface area contributed by atoms with Crippen LogP contribution in [0.4, 0.5) is 5.69 Å². The second-order valence-electron chi connectivity index (χ2n) is 12.4. The van der Waals surface area contributed by atoms with Gasteiger partial charge >= 0.3 is 0 Å². The summed E-state index contributed by atoms with van der Waals surface area (Å²) in [5.74, 6) is -0.645. The Kier molecular flexibility index (Phi) is 16.5. The van der Waals surface area contributed by atoms with Crippen LogP contribution in [0.1, 0.15) is 39.2 Å². The van der Waals surface area contributed by atoms with Crippen LogP contribution in [0.2, 0.25) is 0 Å². The van der Waals surface area contributed by atoms with Gasteiger partial charge in [0.1, 0.15) is 5.54 Å². The zero-order chi connectivity index (χ0) is 33.5. The maximum absolute atomic E-state index is 12.6. The maximum Gasteiger partial charge on any atom is 0.246 e. The summed E-state index contributed by atoms with van der Waals surface area (Å²) in [6.45, 7) is 10.8. The summed E-state index contributed by atoms with van der Waals surface area (Å²) in [4.78, 5) is 53.4. The van der Waals surface area contributed by atoms with Gasteiger partial charge in [-0.25, -0.2) is 0 Å². The average molecular weight is 685 g/mol. The fraction of sp³-hybridized carbons (Fsp3) is 0.471. The zero-order valence-electron chi connectivity index (χ0n) is 27.8. The second kappa shape index (κ2) is 19.7. The molecule has 2 fully saturated rings. The van der Waals surface area contributed by atoms with Crippen LogP contribution in [-0.2, 0) is 37.7 Å². The third-order valence-electron chi connectivity index (χ3n) is 7.34. The molecule has 255 valence electrons. The molecule has 3 aromatic rings. The van der Waals surface area contributed by atoms with Crippen LogP contribution in [0.15, 0.2) is 60.8 Å². The molecule has 2 saturated heterocycles. The van der Waals surface area contributed by atoms with E-state index in [1.807, 2.05) is 47.5 Å². The summed E-state index contributed by atoms with van der Waals surface area (Å²) in [5.41, 5.74) is 7.33. The molecule has 0 saturated carbocycles. The van der Waals surface area contributed by atoms with E-state index in [1.54, 1.807) is 0 Å². The Labute approximate surface area is 289 Å². The molecule has 7 N–H and O–H groups in total. The normalized spacial score (nSPS) is 15.3. The smallest absolute Gasteiger partial charge is 0.246 e. The molecule has 5 rings (SSSR count). The van der Waals surface area contributed by atoms with E-state index in [0.717, 1.165) is 11.6 Å². The van der Waals surface area contributed by atoms with E-state index in [4.69, 9.17) is 5.73 Å². The first-order chi connectivity index (χ1) is 22.0. The summed E-state index contributed by atoms with van der Waals surface area (Å²) >= 11 is 0. The van der Waals surface area contributed by atoms with Crippen LogP contribution in [0.5, 0.6) is 0 Å². The van der Waals surface area contributed by atoms with Crippen molar-refractivity contribution in [1.29, 1.82) is 0 Å². The number of amides is 4. The largest absolute Gasteiger partial charge is 0.677 e. The summed E-state index contributed by atoms with van der Waals surface area (Å²) in [6.07, 6.45) is 2.88. The fourth-order valence-electron chi connectivity index (χ4n) is 5.09. The van der Waals surface area contributed by atoms with Gasteiger partial charge in [0.2, 0.25) is 23.6 Å². The van der Waals surface area contributed by atoms with Gasteiger partial charge in [0.25, 0.3) is 0 Å². The van der Waals surface area contributed by atoms with Gasteiger partial charge in [0.05, 0.1) is 19.1 Å². The van der Waals surface area contributed by atoms with E-state index in [0.29, 0.717) is 39.0 Å². The molecule has 1 radical (unpaired) electrons. The monoisotopic (exact) mass is 684 g/mol. The summed E-state index contributed by atoms with van der Waals surface area (Å²) in [5, 5.41) is 17.0. The van der Waals surface area contributed by atoms with Crippen molar-refractivity contribution >= 4 is 40.2 Å². The quantitative estimate of drug-likeness (QED) is 0.191. The predicted molar refractivity (Wildman–Crippen MR) is 181 cm³/mol. The maximum atomic E-state index is 12.6. The van der Waals surface area contributed by atoms with E-state index in [1.165, 1.54) is 16.5 Å². The Bertz CT molecular complexity index is 1420. The number of hydrogen-bond acceptors (Lipinski definition) is 6. The Morgan fingerprint density at radius 3 is 2.21 bits per heavy atom. The molecular formula is C34H49N8O4V-. The van der Waals surface area contributed by atoms with Crippen LogP contribution >= 0.6 is 0 Å². The number of rotatable bonds is 10. The topological polar surface area (TPSA) is 176 Å². The van der Waals surface area contributed by atoms with Crippen LogP contribution < -0.4 is 27.0 Å². The van der Waals surface area contributed by atoms with Crippen molar-refractivity contribution in [3.8, 4) is 0 Å². The molecule has 0 bridgehead atoms. The number of carbonyl (C=O) groups is 4. The summed E-state index contributed by atoms with van der Waals surface area (Å²) in [7, 11) is 0. The third kappa shape index (κ3) is 13.4. The second-order valence-corrected chi connectivity index (χ2v) is 12.4. The van der Waals surface area contributed by atoms with Gasteiger partial charge in [-0.3, -0.25) is 24.1 Å². The van der Waals surface area contributed by atoms with Gasteiger partial charge in [-0.2, -0.15) is 0 Å². The minimum Gasteiger partial charge on any atom is -0.677 e. The van der Waals surface area contributed by atoms with Crippen molar-refractivity contribution < 1.29 is 37.7 Å². The Morgan fingerprint density at radius 2 is 1.60 bits per heavy atom. The molecule has 0 spiro atoms. The average Bonchev–Trinajstić information content (AvgIpc) is 3.39. The zero-order valence-corrected chi connectivity index (χ0v) is 29.2. The van der Waals surface area contributed by atoms with Crippen LogP contribution in [0.3, 0.4) is 0 Å². The molecule has 0 aliphatic carbocycles. The van der Waals surface area contributed by atoms with E-state index < -0.39 is 17.4 Å². The van der Waals surface area contributed by atoms with Gasteiger partial charge in [-0.05, 0) is 56.9 Å². The van der Waals surface area contributed by atoms with E-state index in [2.05, 4.69) is 77.5 Å². The number of fused-ring (bicyclic) bond motifs is 1. The molecule has 47 heavy (non-hydrogen) atoms. The first kappa shape index (κ1) is 39.3. The molecule has 1 aromatic heterocycles. The van der Waals surface area contributed by atoms with Crippen molar-refractivity contribution in [2.24, 2.45) is 11.7 Å². The number of para-hydroxylation sites is 2. The van der Waals surface area contributed by atoms with Gasteiger partial charge in [-0.1, -0.05) is 69.3 Å². The van der Waals surface area contributed by atoms with Crippen molar-refractivity contribution in [3.05, 3.63) is 71.7 Å². The van der Waals surface area contributed by atoms with Crippen molar-refractivity contribution in [2.75, 3.05) is 45.8 Å². The first-order valence-electron chi connectivity index (χ1n) is 15.8. The number of benzene rings is 2. The number of nitrogens with zero attached hydrogens (tertiary/aromatic N) is 2. The number of likely N-dealkylation sites (tertiary alicyclic amines) is 1. The van der Waals surface area contributed by atoms with Crippen LogP contribution in [-0.4, -0.2) is 90.9 Å². The van der Waals surface area contributed by atoms with E-state index in [-0.39, 0.29) is 56.0 Å². The SMILES string of the molecule is CC(C)C.Cc1c[nH]c2ccccc12.NC(=O)CNC(=O)C1(NC(=O)CN2CC(NC(=O)C[N-]c3ccccc3)C2)CCNCC1.[V]. The van der Waals surface area contributed by atoms with Crippen LogP contribution in [0.25, 0.3) is 16.2 Å². The van der Waals surface area contributed by atoms with Gasteiger partial charge in [0.15, 0.2) is 0 Å². The number of primary amides is 1.